The van der Waals surface area contributed by atoms with Crippen LogP contribution in [0.5, 0.6) is 0 Å². The van der Waals surface area contributed by atoms with Gasteiger partial charge in [0.1, 0.15) is 26.6 Å². The number of hydrogen-bond donors (Lipinski definition) is 0. The summed E-state index contributed by atoms with van der Waals surface area (Å²) in [7, 11) is 0. The van der Waals surface area contributed by atoms with E-state index in [4.69, 9.17) is 0 Å². The van der Waals surface area contributed by atoms with Gasteiger partial charge in [0.05, 0.1) is 20.0 Å². The van der Waals surface area contributed by atoms with Gasteiger partial charge in [-0.3, -0.25) is 4.48 Å². The number of hydrogen-bond acceptors (Lipinski definition) is 4. The lowest BCUT2D eigenvalue weighted by Gasteiger charge is -2.60. The largest absolute Gasteiger partial charge is 1.00 e. The van der Waals surface area contributed by atoms with Gasteiger partial charge in [-0.1, -0.05) is 0 Å². The molecule has 0 unspecified atom stereocenters. The van der Waals surface area contributed by atoms with Crippen LogP contribution in [-0.4, -0.2) is 59.2 Å². The number of halogens is 1. The molecule has 0 spiro atoms. The summed E-state index contributed by atoms with van der Waals surface area (Å²) in [6.07, 6.45) is 0. The van der Waals surface area contributed by atoms with Gasteiger partial charge in [0.25, 0.3) is 0 Å². The predicted octanol–water partition coefficient (Wildman–Crippen LogP) is -2.24. The lowest BCUT2D eigenvalue weighted by atomic mass is 10.2. The minimum absolute atomic E-state index is 0. The van der Waals surface area contributed by atoms with E-state index in [1.54, 1.807) is 0 Å². The molecule has 4 aliphatic rings. The minimum atomic E-state index is 0. The van der Waals surface area contributed by atoms with E-state index in [0.29, 0.717) is 0 Å². The SMILES string of the molecule is [Br-].c1cc(C[N+]23CN4CN(CN(C4)C2)C3)cs1. The van der Waals surface area contributed by atoms with E-state index in [1.807, 2.05) is 11.3 Å². The molecule has 0 N–H and O–H groups in total. The van der Waals surface area contributed by atoms with Gasteiger partial charge in [0.2, 0.25) is 0 Å². The highest BCUT2D eigenvalue weighted by molar-refractivity contribution is 7.07. The molecule has 4 nitrogen and oxygen atoms in total. The summed E-state index contributed by atoms with van der Waals surface area (Å²) >= 11 is 1.82. The van der Waals surface area contributed by atoms with Crippen molar-refractivity contribution >= 4 is 11.3 Å². The first kappa shape index (κ1) is 12.1. The molecule has 5 rings (SSSR count). The van der Waals surface area contributed by atoms with Gasteiger partial charge in [-0.15, -0.1) is 0 Å². The minimum Gasteiger partial charge on any atom is -1.00 e. The van der Waals surface area contributed by atoms with Gasteiger partial charge in [-0.25, -0.2) is 14.7 Å². The van der Waals surface area contributed by atoms with E-state index in [1.165, 1.54) is 56.6 Å². The van der Waals surface area contributed by atoms with Gasteiger partial charge < -0.3 is 17.0 Å². The average molecular weight is 317 g/mol. The van der Waals surface area contributed by atoms with Gasteiger partial charge in [-0.05, 0) is 16.8 Å². The summed E-state index contributed by atoms with van der Waals surface area (Å²) in [6.45, 7) is 8.46. The Balaban J connectivity index is 0.000000902. The first-order valence-electron chi connectivity index (χ1n) is 5.85. The second-order valence-electron chi connectivity index (χ2n) is 5.49. The van der Waals surface area contributed by atoms with Crippen LogP contribution < -0.4 is 17.0 Å². The number of thiophene rings is 1. The monoisotopic (exact) mass is 316 g/mol. The van der Waals surface area contributed by atoms with Crippen molar-refractivity contribution < 1.29 is 21.5 Å². The first-order chi connectivity index (χ1) is 7.81. The van der Waals surface area contributed by atoms with Crippen molar-refractivity contribution in [2.75, 3.05) is 40.0 Å². The fourth-order valence-electron chi connectivity index (χ4n) is 3.58. The van der Waals surface area contributed by atoms with Gasteiger partial charge >= 0.3 is 0 Å². The smallest absolute Gasteiger partial charge is 0.139 e. The van der Waals surface area contributed by atoms with Crippen LogP contribution in [0.2, 0.25) is 0 Å². The predicted molar refractivity (Wildman–Crippen MR) is 63.0 cm³/mol. The highest BCUT2D eigenvalue weighted by Gasteiger charge is 2.48. The van der Waals surface area contributed by atoms with Crippen molar-refractivity contribution in [1.82, 2.24) is 14.7 Å². The molecular formula is C11H17BrN4S. The fraction of sp³-hybridized carbons (Fsp3) is 0.636. The van der Waals surface area contributed by atoms with Gasteiger partial charge in [0, 0.05) is 5.56 Å². The molecule has 0 saturated carbocycles. The standard InChI is InChI=1S/C11H17N4S.BrH/c1-2-16-4-11(1)3-15-8-12-5-13(9-15)7-14(6-12)10-15;/h1-2,4H,3,5-10H2;1H/q+1;/p-1. The van der Waals surface area contributed by atoms with E-state index in [-0.39, 0.29) is 17.0 Å². The molecule has 0 aliphatic carbocycles. The molecule has 0 aromatic carbocycles. The maximum atomic E-state index is 2.57. The fourth-order valence-corrected chi connectivity index (χ4v) is 4.24. The average Bonchev–Trinajstić information content (AvgIpc) is 2.66. The lowest BCUT2D eigenvalue weighted by molar-refractivity contribution is -0.991. The highest BCUT2D eigenvalue weighted by atomic mass is 79.9. The van der Waals surface area contributed by atoms with Crippen molar-refractivity contribution in [2.45, 2.75) is 6.54 Å². The van der Waals surface area contributed by atoms with E-state index in [9.17, 15) is 0 Å². The summed E-state index contributed by atoms with van der Waals surface area (Å²) in [6, 6.07) is 2.28. The number of rotatable bonds is 2. The molecule has 6 heteroatoms. The number of quaternary nitrogens is 1. The Morgan fingerprint density at radius 3 is 2.12 bits per heavy atom. The van der Waals surface area contributed by atoms with Crippen molar-refractivity contribution in [3.05, 3.63) is 22.4 Å². The normalized spacial score (nSPS) is 42.5. The van der Waals surface area contributed by atoms with Crippen LogP contribution in [0.4, 0.5) is 0 Å². The zero-order valence-electron chi connectivity index (χ0n) is 9.76. The first-order valence-corrected chi connectivity index (χ1v) is 6.79. The Bertz CT molecular complexity index is 359. The zero-order valence-corrected chi connectivity index (χ0v) is 12.2. The molecule has 0 atom stereocenters. The third-order valence-corrected chi connectivity index (χ3v) is 4.53. The summed E-state index contributed by atoms with van der Waals surface area (Å²) in [5.41, 5.74) is 1.51. The molecule has 0 amide bonds. The molecule has 4 aliphatic heterocycles. The van der Waals surface area contributed by atoms with Crippen LogP contribution in [0.1, 0.15) is 5.56 Å². The summed E-state index contributed by atoms with van der Waals surface area (Å²) in [5, 5.41) is 4.50. The van der Waals surface area contributed by atoms with Crippen LogP contribution in [0.3, 0.4) is 0 Å². The topological polar surface area (TPSA) is 9.72 Å². The maximum absolute atomic E-state index is 2.57. The Morgan fingerprint density at radius 1 is 1.06 bits per heavy atom. The van der Waals surface area contributed by atoms with Crippen molar-refractivity contribution in [1.29, 1.82) is 0 Å². The van der Waals surface area contributed by atoms with E-state index < -0.39 is 0 Å². The molecule has 1 aromatic heterocycles. The molecule has 4 bridgehead atoms. The molecular weight excluding hydrogens is 300 g/mol. The Kier molecular flexibility index (Phi) is 3.05. The third-order valence-electron chi connectivity index (χ3n) is 3.80. The second kappa shape index (κ2) is 4.29. The summed E-state index contributed by atoms with van der Waals surface area (Å²) in [5.74, 6) is 0. The maximum Gasteiger partial charge on any atom is 0.139 e. The lowest BCUT2D eigenvalue weighted by Crippen LogP contribution is -3.00. The van der Waals surface area contributed by atoms with Crippen molar-refractivity contribution in [3.63, 3.8) is 0 Å². The molecule has 94 valence electrons. The van der Waals surface area contributed by atoms with E-state index >= 15 is 0 Å². The van der Waals surface area contributed by atoms with E-state index in [0.717, 1.165) is 0 Å². The Hall–Kier alpha value is 0.0200. The second-order valence-corrected chi connectivity index (χ2v) is 6.27. The van der Waals surface area contributed by atoms with Crippen molar-refractivity contribution in [3.8, 4) is 0 Å². The van der Waals surface area contributed by atoms with Crippen LogP contribution >= 0.6 is 11.3 Å². The van der Waals surface area contributed by atoms with Crippen LogP contribution in [0, 0.1) is 0 Å². The van der Waals surface area contributed by atoms with E-state index in [2.05, 4.69) is 31.5 Å². The Morgan fingerprint density at radius 2 is 1.65 bits per heavy atom. The number of nitrogens with zero attached hydrogens (tertiary/aromatic N) is 4. The van der Waals surface area contributed by atoms with Crippen LogP contribution in [-0.2, 0) is 6.54 Å². The van der Waals surface area contributed by atoms with Gasteiger partial charge in [0.15, 0.2) is 0 Å². The van der Waals surface area contributed by atoms with Crippen LogP contribution in [0.15, 0.2) is 16.8 Å². The highest BCUT2D eigenvalue weighted by Crippen LogP contribution is 2.30. The van der Waals surface area contributed by atoms with Crippen molar-refractivity contribution in [2.24, 2.45) is 0 Å². The third kappa shape index (κ3) is 2.07. The van der Waals surface area contributed by atoms with Gasteiger partial charge in [-0.2, -0.15) is 11.3 Å². The molecule has 5 heterocycles. The molecule has 1 aromatic rings. The summed E-state index contributed by atoms with van der Waals surface area (Å²) in [4.78, 5) is 7.72. The zero-order chi connectivity index (χ0) is 10.6. The van der Waals surface area contributed by atoms with Crippen LogP contribution in [0.25, 0.3) is 0 Å². The Labute approximate surface area is 116 Å². The molecule has 4 fully saturated rings. The molecule has 17 heavy (non-hydrogen) atoms. The summed E-state index contributed by atoms with van der Waals surface area (Å²) < 4.78 is 1.22. The molecule has 4 saturated heterocycles. The molecule has 0 radical (unpaired) electrons. The quantitative estimate of drug-likeness (QED) is 0.571.